The summed E-state index contributed by atoms with van der Waals surface area (Å²) in [4.78, 5) is 26.3. The zero-order valence-electron chi connectivity index (χ0n) is 13.9. The molecule has 0 radical (unpaired) electrons. The number of anilines is 1. The van der Waals surface area contributed by atoms with E-state index in [1.54, 1.807) is 38.4 Å². The van der Waals surface area contributed by atoms with E-state index in [-0.39, 0.29) is 11.8 Å². The summed E-state index contributed by atoms with van der Waals surface area (Å²) in [5.41, 5.74) is 1.42. The third kappa shape index (κ3) is 3.49. The van der Waals surface area contributed by atoms with Crippen LogP contribution in [0.5, 0.6) is 0 Å². The van der Waals surface area contributed by atoms with Crippen molar-refractivity contribution in [3.8, 4) is 0 Å². The number of rotatable bonds is 3. The molecular formula is C20H17ClN2O2. The third-order valence-electron chi connectivity index (χ3n) is 3.90. The molecule has 2 amide bonds. The predicted octanol–water partition coefficient (Wildman–Crippen LogP) is 4.45. The summed E-state index contributed by atoms with van der Waals surface area (Å²) < 4.78 is 0. The lowest BCUT2D eigenvalue weighted by atomic mass is 10.0. The molecule has 3 aromatic carbocycles. The molecule has 0 saturated heterocycles. The molecule has 0 spiro atoms. The minimum atomic E-state index is -0.270. The van der Waals surface area contributed by atoms with E-state index in [9.17, 15) is 9.59 Å². The molecule has 126 valence electrons. The first-order chi connectivity index (χ1) is 12.0. The Balaban J connectivity index is 1.95. The fraction of sp³-hybridized carbons (Fsp3) is 0.100. The Morgan fingerprint density at radius 3 is 2.44 bits per heavy atom. The lowest BCUT2D eigenvalue weighted by Crippen LogP contribution is -2.22. The maximum atomic E-state index is 12.7. The molecule has 0 bridgehead atoms. The largest absolute Gasteiger partial charge is 0.345 e. The topological polar surface area (TPSA) is 49.4 Å². The average Bonchev–Trinajstić information content (AvgIpc) is 2.62. The first-order valence-electron chi connectivity index (χ1n) is 7.77. The maximum absolute atomic E-state index is 12.7. The molecule has 0 unspecified atom stereocenters. The molecule has 3 aromatic rings. The van der Waals surface area contributed by atoms with Gasteiger partial charge in [-0.15, -0.1) is 0 Å². The first kappa shape index (κ1) is 17.0. The summed E-state index contributed by atoms with van der Waals surface area (Å²) in [5.74, 6) is -0.425. The van der Waals surface area contributed by atoms with Gasteiger partial charge in [0.05, 0.1) is 10.7 Å². The number of nitrogens with one attached hydrogen (secondary N) is 1. The highest BCUT2D eigenvalue weighted by Gasteiger charge is 2.14. The van der Waals surface area contributed by atoms with Gasteiger partial charge >= 0.3 is 0 Å². The van der Waals surface area contributed by atoms with E-state index in [2.05, 4.69) is 5.32 Å². The second kappa shape index (κ2) is 6.95. The van der Waals surface area contributed by atoms with E-state index in [1.807, 2.05) is 36.4 Å². The van der Waals surface area contributed by atoms with Crippen LogP contribution in [0.4, 0.5) is 5.69 Å². The van der Waals surface area contributed by atoms with Crippen LogP contribution in [0, 0.1) is 0 Å². The molecule has 0 saturated carbocycles. The normalized spacial score (nSPS) is 10.5. The van der Waals surface area contributed by atoms with Crippen molar-refractivity contribution in [1.29, 1.82) is 0 Å². The zero-order chi connectivity index (χ0) is 18.0. The third-order valence-corrected chi connectivity index (χ3v) is 4.23. The van der Waals surface area contributed by atoms with Crippen LogP contribution in [0.3, 0.4) is 0 Å². The Hall–Kier alpha value is -2.85. The number of fused-ring (bicyclic) bond motifs is 1. The van der Waals surface area contributed by atoms with Crippen molar-refractivity contribution < 1.29 is 9.59 Å². The van der Waals surface area contributed by atoms with E-state index >= 15 is 0 Å². The van der Waals surface area contributed by atoms with Gasteiger partial charge in [-0.25, -0.2) is 0 Å². The average molecular weight is 353 g/mol. The summed E-state index contributed by atoms with van der Waals surface area (Å²) in [6, 6.07) is 18.1. The van der Waals surface area contributed by atoms with Crippen LogP contribution in [0.15, 0.2) is 60.7 Å². The maximum Gasteiger partial charge on any atom is 0.256 e. The summed E-state index contributed by atoms with van der Waals surface area (Å²) in [7, 11) is 3.34. The standard InChI is InChI=1S/C20H17ClN2O2/c1-23(2)20(25)14-10-11-17(21)18(12-14)22-19(24)16-9-5-7-13-6-3-4-8-15(13)16/h3-12H,1-2H3,(H,22,24). The van der Waals surface area contributed by atoms with Crippen molar-refractivity contribution in [2.45, 2.75) is 0 Å². The van der Waals surface area contributed by atoms with Gasteiger partial charge in [0.15, 0.2) is 0 Å². The molecule has 0 aliphatic rings. The van der Waals surface area contributed by atoms with Gasteiger partial charge in [-0.1, -0.05) is 48.0 Å². The van der Waals surface area contributed by atoms with Gasteiger partial charge in [-0.05, 0) is 35.0 Å². The van der Waals surface area contributed by atoms with Crippen LogP contribution in [0.2, 0.25) is 5.02 Å². The van der Waals surface area contributed by atoms with Crippen LogP contribution in [0.1, 0.15) is 20.7 Å². The fourth-order valence-electron chi connectivity index (χ4n) is 2.63. The van der Waals surface area contributed by atoms with Crippen molar-refractivity contribution in [3.63, 3.8) is 0 Å². The van der Waals surface area contributed by atoms with E-state index in [0.29, 0.717) is 21.8 Å². The van der Waals surface area contributed by atoms with Crippen molar-refractivity contribution in [2.75, 3.05) is 19.4 Å². The second-order valence-electron chi connectivity index (χ2n) is 5.88. The molecule has 0 atom stereocenters. The Morgan fingerprint density at radius 2 is 1.68 bits per heavy atom. The summed E-state index contributed by atoms with van der Waals surface area (Å²) >= 11 is 6.19. The van der Waals surface area contributed by atoms with Crippen molar-refractivity contribution in [2.24, 2.45) is 0 Å². The quantitative estimate of drug-likeness (QED) is 0.757. The molecular weight excluding hydrogens is 336 g/mol. The Kier molecular flexibility index (Phi) is 4.72. The van der Waals surface area contributed by atoms with E-state index in [1.165, 1.54) is 4.90 Å². The molecule has 25 heavy (non-hydrogen) atoms. The highest BCUT2D eigenvalue weighted by molar-refractivity contribution is 6.34. The van der Waals surface area contributed by atoms with Gasteiger partial charge in [-0.2, -0.15) is 0 Å². The highest BCUT2D eigenvalue weighted by atomic mass is 35.5. The van der Waals surface area contributed by atoms with E-state index < -0.39 is 0 Å². The summed E-state index contributed by atoms with van der Waals surface area (Å²) in [6.45, 7) is 0. The Morgan fingerprint density at radius 1 is 0.960 bits per heavy atom. The van der Waals surface area contributed by atoms with Crippen LogP contribution in [0.25, 0.3) is 10.8 Å². The summed E-state index contributed by atoms with van der Waals surface area (Å²) in [6.07, 6.45) is 0. The number of amides is 2. The van der Waals surface area contributed by atoms with Gasteiger partial charge in [0, 0.05) is 25.2 Å². The van der Waals surface area contributed by atoms with Crippen LogP contribution in [-0.2, 0) is 0 Å². The van der Waals surface area contributed by atoms with E-state index in [4.69, 9.17) is 11.6 Å². The molecule has 0 aliphatic heterocycles. The van der Waals surface area contributed by atoms with E-state index in [0.717, 1.165) is 10.8 Å². The van der Waals surface area contributed by atoms with Gasteiger partial charge in [0.25, 0.3) is 11.8 Å². The lowest BCUT2D eigenvalue weighted by Gasteiger charge is -2.13. The minimum Gasteiger partial charge on any atom is -0.345 e. The van der Waals surface area contributed by atoms with Gasteiger partial charge in [-0.3, -0.25) is 9.59 Å². The number of carbonyl (C=O) groups excluding carboxylic acids is 2. The molecule has 5 heteroatoms. The van der Waals surface area contributed by atoms with Gasteiger partial charge < -0.3 is 10.2 Å². The number of hydrogen-bond acceptors (Lipinski definition) is 2. The molecule has 0 fully saturated rings. The number of nitrogens with zero attached hydrogens (tertiary/aromatic N) is 1. The lowest BCUT2D eigenvalue weighted by molar-refractivity contribution is 0.0827. The second-order valence-corrected chi connectivity index (χ2v) is 6.28. The van der Waals surface area contributed by atoms with Crippen LogP contribution < -0.4 is 5.32 Å². The molecule has 4 nitrogen and oxygen atoms in total. The predicted molar refractivity (Wildman–Crippen MR) is 101 cm³/mol. The smallest absolute Gasteiger partial charge is 0.256 e. The zero-order valence-corrected chi connectivity index (χ0v) is 14.7. The molecule has 0 heterocycles. The highest BCUT2D eigenvalue weighted by Crippen LogP contribution is 2.26. The number of hydrogen-bond donors (Lipinski definition) is 1. The summed E-state index contributed by atoms with van der Waals surface area (Å²) in [5, 5.41) is 5.03. The molecule has 3 rings (SSSR count). The first-order valence-corrected chi connectivity index (χ1v) is 8.15. The SMILES string of the molecule is CN(C)C(=O)c1ccc(Cl)c(NC(=O)c2cccc3ccccc23)c1. The molecule has 0 aromatic heterocycles. The van der Waals surface area contributed by atoms with Crippen molar-refractivity contribution in [3.05, 3.63) is 76.8 Å². The Bertz CT molecular complexity index is 962. The molecule has 1 N–H and O–H groups in total. The van der Waals surface area contributed by atoms with Crippen molar-refractivity contribution >= 4 is 39.9 Å². The van der Waals surface area contributed by atoms with Crippen molar-refractivity contribution in [1.82, 2.24) is 4.90 Å². The minimum absolute atomic E-state index is 0.155. The monoisotopic (exact) mass is 352 g/mol. The number of halogens is 1. The van der Waals surface area contributed by atoms with Crippen LogP contribution in [-0.4, -0.2) is 30.8 Å². The van der Waals surface area contributed by atoms with Crippen LogP contribution >= 0.6 is 11.6 Å². The molecule has 0 aliphatic carbocycles. The van der Waals surface area contributed by atoms with Gasteiger partial charge in [0.2, 0.25) is 0 Å². The Labute approximate surface area is 151 Å². The number of benzene rings is 3. The van der Waals surface area contributed by atoms with Gasteiger partial charge in [0.1, 0.15) is 0 Å². The number of carbonyl (C=O) groups is 2. The fourth-order valence-corrected chi connectivity index (χ4v) is 2.79.